The highest BCUT2D eigenvalue weighted by Gasteiger charge is 2.49. The van der Waals surface area contributed by atoms with Crippen LogP contribution >= 0.6 is 0 Å². The number of carboxylic acid groups (broad SMARTS) is 1. The van der Waals surface area contributed by atoms with Gasteiger partial charge in [0.05, 0.1) is 28.6 Å². The second-order valence-electron chi connectivity index (χ2n) is 18.5. The number of benzene rings is 2. The van der Waals surface area contributed by atoms with Gasteiger partial charge in [-0.15, -0.1) is 6.42 Å². The molecule has 6 heterocycles. The van der Waals surface area contributed by atoms with E-state index in [1.807, 2.05) is 4.90 Å². The Morgan fingerprint density at radius 2 is 1.62 bits per heavy atom. The third-order valence-electron chi connectivity index (χ3n) is 14.0. The van der Waals surface area contributed by atoms with Crippen LogP contribution in [0, 0.1) is 24.0 Å². The van der Waals surface area contributed by atoms with Crippen LogP contribution in [-0.2, 0) is 4.79 Å². The summed E-state index contributed by atoms with van der Waals surface area (Å²) in [5.74, 6) is 0.936. The van der Waals surface area contributed by atoms with Gasteiger partial charge in [-0.2, -0.15) is 9.97 Å². The maximum absolute atomic E-state index is 17.5. The Labute approximate surface area is 374 Å². The zero-order valence-corrected chi connectivity index (χ0v) is 37.1. The van der Waals surface area contributed by atoms with Gasteiger partial charge >= 0.3 is 18.1 Å². The molecule has 0 saturated carbocycles. The van der Waals surface area contributed by atoms with Gasteiger partial charge in [0.2, 0.25) is 0 Å². The zero-order valence-electron chi connectivity index (χ0n) is 37.1. The van der Waals surface area contributed by atoms with Crippen molar-refractivity contribution in [2.75, 3.05) is 37.7 Å². The molecule has 0 spiro atoms. The predicted molar refractivity (Wildman–Crippen MR) is 242 cm³/mol. The summed E-state index contributed by atoms with van der Waals surface area (Å²) in [6.45, 7) is 4.08. The highest BCUT2D eigenvalue weighted by Crippen LogP contribution is 2.43. The first-order chi connectivity index (χ1) is 31.1. The molecule has 2 bridgehead atoms. The number of pyridine rings is 1. The molecule has 2 aromatic carbocycles. The van der Waals surface area contributed by atoms with E-state index in [-0.39, 0.29) is 70.0 Å². The lowest BCUT2D eigenvalue weighted by Gasteiger charge is -2.40. The molecule has 11 nitrogen and oxygen atoms in total. The van der Waals surface area contributed by atoms with Crippen molar-refractivity contribution in [3.8, 4) is 35.4 Å². The molecule has 0 aliphatic carbocycles. The highest BCUT2D eigenvalue weighted by molar-refractivity contribution is 6.03. The van der Waals surface area contributed by atoms with E-state index in [9.17, 15) is 19.1 Å². The van der Waals surface area contributed by atoms with Crippen molar-refractivity contribution in [1.82, 2.24) is 24.8 Å². The summed E-state index contributed by atoms with van der Waals surface area (Å²) in [6.07, 6.45) is 24.3. The molecular weight excluding hydrogens is 822 g/mol. The van der Waals surface area contributed by atoms with E-state index in [4.69, 9.17) is 20.9 Å². The van der Waals surface area contributed by atoms with E-state index in [1.165, 1.54) is 87.1 Å². The monoisotopic (exact) mass is 882 g/mol. The van der Waals surface area contributed by atoms with Crippen molar-refractivity contribution in [3.63, 3.8) is 0 Å². The fraction of sp³-hybridized carbons (Fsp3) is 0.580. The van der Waals surface area contributed by atoms with Crippen molar-refractivity contribution >= 4 is 39.6 Å². The molecule has 4 aromatic rings. The number of terminal acetylenes is 1. The molecule has 342 valence electrons. The Kier molecular flexibility index (Phi) is 14.4. The number of fused-ring (bicyclic) bond motifs is 5. The minimum atomic E-state index is -0.981. The van der Waals surface area contributed by atoms with Crippen molar-refractivity contribution < 1.29 is 37.3 Å². The maximum Gasteiger partial charge on any atom is 0.407 e. The van der Waals surface area contributed by atoms with Gasteiger partial charge in [0.25, 0.3) is 0 Å². The number of carbonyl (C=O) groups excluding carboxylic acids is 1. The van der Waals surface area contributed by atoms with Crippen LogP contribution in [0.15, 0.2) is 30.5 Å². The highest BCUT2D eigenvalue weighted by atomic mass is 19.1. The van der Waals surface area contributed by atoms with Crippen molar-refractivity contribution in [2.24, 2.45) is 0 Å². The second-order valence-corrected chi connectivity index (χ2v) is 18.5. The predicted octanol–water partition coefficient (Wildman–Crippen LogP) is 10.8. The van der Waals surface area contributed by atoms with Crippen LogP contribution in [-0.4, -0.2) is 98.5 Å². The van der Waals surface area contributed by atoms with E-state index >= 15 is 8.78 Å². The van der Waals surface area contributed by atoms with E-state index < -0.39 is 35.4 Å². The number of halogens is 3. The Balaban J connectivity index is 1.05. The van der Waals surface area contributed by atoms with Crippen molar-refractivity contribution in [2.45, 2.75) is 153 Å². The number of piperazine rings is 1. The fourth-order valence-corrected chi connectivity index (χ4v) is 10.8. The average molecular weight is 883 g/mol. The number of rotatable bonds is 20. The lowest BCUT2D eigenvalue weighted by atomic mass is 9.95. The normalized spacial score (nSPS) is 21.8. The van der Waals surface area contributed by atoms with Gasteiger partial charge in [-0.05, 0) is 62.2 Å². The van der Waals surface area contributed by atoms with E-state index in [2.05, 4.69) is 27.7 Å². The number of anilines is 1. The molecule has 0 unspecified atom stereocenters. The topological polar surface area (TPSA) is 121 Å². The number of nitrogens with zero attached hydrogens (tertiary/aromatic N) is 6. The summed E-state index contributed by atoms with van der Waals surface area (Å²) in [7, 11) is 0. The molecule has 1 amide bonds. The Morgan fingerprint density at radius 1 is 0.938 bits per heavy atom. The smallest absolute Gasteiger partial charge is 0.407 e. The third-order valence-corrected chi connectivity index (χ3v) is 14.0. The first kappa shape index (κ1) is 45.4. The van der Waals surface area contributed by atoms with Gasteiger partial charge < -0.3 is 19.5 Å². The van der Waals surface area contributed by atoms with Gasteiger partial charge in [0, 0.05) is 49.6 Å². The molecule has 8 rings (SSSR count). The molecule has 4 saturated heterocycles. The molecule has 4 fully saturated rings. The molecule has 64 heavy (non-hydrogen) atoms. The second kappa shape index (κ2) is 20.3. The SMILES string of the molecule is C#Cc1c(F)ccc2cc(OC(=O)CCCCCCCCCCCCCCC)cc(-c3ncc4c(N5C[C@H]6CC[C@@H](C5)N6C(=O)O)nc(OC[C@@]56CCCN5C[C@H](F)C6)nc4c3F)c12. The van der Waals surface area contributed by atoms with Crippen LogP contribution in [0.3, 0.4) is 0 Å². The van der Waals surface area contributed by atoms with Gasteiger partial charge in [-0.1, -0.05) is 96.0 Å². The summed E-state index contributed by atoms with van der Waals surface area (Å²) < 4.78 is 59.7. The number of aromatic nitrogens is 3. The Bertz CT molecular complexity index is 2360. The number of ether oxygens (including phenoxy) is 2. The summed E-state index contributed by atoms with van der Waals surface area (Å²) in [6, 6.07) is 5.11. The van der Waals surface area contributed by atoms with E-state index in [1.54, 1.807) is 6.07 Å². The summed E-state index contributed by atoms with van der Waals surface area (Å²) in [5.41, 5.74) is -0.821. The molecule has 2 aromatic heterocycles. The summed E-state index contributed by atoms with van der Waals surface area (Å²) in [5, 5.41) is 10.9. The minimum absolute atomic E-state index is 0.0964. The third kappa shape index (κ3) is 9.75. The number of esters is 1. The number of hydrogen-bond donors (Lipinski definition) is 1. The Morgan fingerprint density at radius 3 is 2.30 bits per heavy atom. The largest absolute Gasteiger partial charge is 0.465 e. The maximum atomic E-state index is 17.5. The first-order valence-corrected chi connectivity index (χ1v) is 23.7. The molecular formula is C50H61F3N6O5. The standard InChI is InChI=1S/C50H61F3N6O5/c1-3-5-6-7-8-9-10-11-12-13-14-15-16-18-42(60)64-37-25-33-19-22-41(52)38(4-2)43(33)39(26-37)45-44(53)46-40(28-54-45)47(57-30-35-20-21-36(31-57)59(35)49(61)62)56-48(55-46)63-32-50-23-17-24-58(50)29-34(51)27-50/h2,19,22,25-26,28,34-36H,3,5-18,20-21,23-24,27,29-32H2,1H3,(H,61,62)/t34-,35-,36+,50+/m1/s1. The van der Waals surface area contributed by atoms with Crippen molar-refractivity contribution in [3.05, 3.63) is 47.7 Å². The number of unbranched alkanes of at least 4 members (excludes halogenated alkanes) is 12. The lowest BCUT2D eigenvalue weighted by Crippen LogP contribution is -2.55. The van der Waals surface area contributed by atoms with Gasteiger partial charge in [0.1, 0.15) is 41.4 Å². The molecule has 0 radical (unpaired) electrons. The van der Waals surface area contributed by atoms with Crippen LogP contribution in [0.1, 0.15) is 134 Å². The number of hydrogen-bond acceptors (Lipinski definition) is 9. The van der Waals surface area contributed by atoms with E-state index in [0.29, 0.717) is 56.5 Å². The van der Waals surface area contributed by atoms with Crippen molar-refractivity contribution in [1.29, 1.82) is 0 Å². The number of carbonyl (C=O) groups is 2. The quantitative estimate of drug-likeness (QED) is 0.0397. The molecule has 4 aliphatic rings. The first-order valence-electron chi connectivity index (χ1n) is 23.7. The van der Waals surface area contributed by atoms with Crippen LogP contribution < -0.4 is 14.4 Å². The molecule has 4 atom stereocenters. The van der Waals surface area contributed by atoms with Crippen LogP contribution in [0.5, 0.6) is 11.8 Å². The van der Waals surface area contributed by atoms with Gasteiger partial charge in [-0.3, -0.25) is 19.6 Å². The number of alkyl halides is 1. The lowest BCUT2D eigenvalue weighted by molar-refractivity contribution is -0.134. The summed E-state index contributed by atoms with van der Waals surface area (Å²) in [4.78, 5) is 44.9. The van der Waals surface area contributed by atoms with Crippen LogP contribution in [0.2, 0.25) is 0 Å². The number of amides is 1. The van der Waals surface area contributed by atoms with Gasteiger partial charge in [-0.25, -0.2) is 18.0 Å². The van der Waals surface area contributed by atoms with E-state index in [0.717, 1.165) is 38.6 Å². The van der Waals surface area contributed by atoms with Crippen LogP contribution in [0.4, 0.5) is 23.8 Å². The molecule has 4 aliphatic heterocycles. The zero-order chi connectivity index (χ0) is 44.8. The minimum Gasteiger partial charge on any atom is -0.465 e. The van der Waals surface area contributed by atoms with Crippen LogP contribution in [0.25, 0.3) is 32.9 Å². The molecule has 14 heteroatoms. The average Bonchev–Trinajstić information content (AvgIpc) is 3.91. The fourth-order valence-electron chi connectivity index (χ4n) is 10.8. The summed E-state index contributed by atoms with van der Waals surface area (Å²) >= 11 is 0. The Hall–Kier alpha value is -5.16. The molecule has 1 N–H and O–H groups in total. The van der Waals surface area contributed by atoms with Gasteiger partial charge in [0.15, 0.2) is 5.82 Å².